The second-order valence-electron chi connectivity index (χ2n) is 3.79. The number of rotatable bonds is 4. The molecular formula is C11H12N2O3S2. The number of sulfonamides is 1. The van der Waals surface area contributed by atoms with E-state index in [1.807, 2.05) is 16.8 Å². The summed E-state index contributed by atoms with van der Waals surface area (Å²) in [6, 6.07) is 4.02. The van der Waals surface area contributed by atoms with E-state index in [9.17, 15) is 13.2 Å². The van der Waals surface area contributed by atoms with Crippen LogP contribution in [0.1, 0.15) is 18.5 Å². The highest BCUT2D eigenvalue weighted by Crippen LogP contribution is 2.18. The van der Waals surface area contributed by atoms with Gasteiger partial charge in [0.25, 0.3) is 0 Å². The molecule has 0 radical (unpaired) electrons. The smallest absolute Gasteiger partial charge is 0.247 e. The summed E-state index contributed by atoms with van der Waals surface area (Å²) in [6.45, 7) is 1.77. The molecule has 18 heavy (non-hydrogen) atoms. The molecule has 2 aromatic heterocycles. The summed E-state index contributed by atoms with van der Waals surface area (Å²) in [5.74, 6) is 0. The van der Waals surface area contributed by atoms with Gasteiger partial charge in [-0.25, -0.2) is 13.1 Å². The second-order valence-corrected chi connectivity index (χ2v) is 6.28. The Balaban J connectivity index is 2.22. The maximum absolute atomic E-state index is 12.0. The maximum atomic E-state index is 12.0. The van der Waals surface area contributed by atoms with Crippen molar-refractivity contribution in [2.24, 2.45) is 0 Å². The van der Waals surface area contributed by atoms with E-state index < -0.39 is 10.0 Å². The van der Waals surface area contributed by atoms with Gasteiger partial charge in [0.1, 0.15) is 0 Å². The molecule has 0 aliphatic carbocycles. The van der Waals surface area contributed by atoms with Gasteiger partial charge in [0.2, 0.25) is 15.6 Å². The molecule has 2 rings (SSSR count). The molecular weight excluding hydrogens is 272 g/mol. The average Bonchev–Trinajstić information content (AvgIpc) is 2.82. The average molecular weight is 284 g/mol. The standard InChI is InChI=1S/C11H12N2O3S2/c1-8(9-4-5-17-7-9)13-18(15,16)10-2-3-11(14)12-6-10/h2-8,13H,1H3,(H,12,14). The molecule has 0 saturated carbocycles. The van der Waals surface area contributed by atoms with Crippen molar-refractivity contribution in [3.05, 3.63) is 51.1 Å². The zero-order chi connectivity index (χ0) is 13.2. The van der Waals surface area contributed by atoms with Crippen LogP contribution in [0.2, 0.25) is 0 Å². The first-order valence-corrected chi connectivity index (χ1v) is 7.65. The molecule has 0 aromatic carbocycles. The highest BCUT2D eigenvalue weighted by molar-refractivity contribution is 7.89. The minimum absolute atomic E-state index is 0.0455. The Morgan fingerprint density at radius 3 is 2.67 bits per heavy atom. The van der Waals surface area contributed by atoms with Crippen molar-refractivity contribution in [3.63, 3.8) is 0 Å². The van der Waals surface area contributed by atoms with Gasteiger partial charge in [0.05, 0.1) is 4.90 Å². The van der Waals surface area contributed by atoms with Crippen LogP contribution in [-0.4, -0.2) is 13.4 Å². The molecule has 2 heterocycles. The van der Waals surface area contributed by atoms with Crippen molar-refractivity contribution >= 4 is 21.4 Å². The van der Waals surface area contributed by atoms with Crippen LogP contribution in [-0.2, 0) is 10.0 Å². The van der Waals surface area contributed by atoms with E-state index in [-0.39, 0.29) is 16.5 Å². The van der Waals surface area contributed by atoms with E-state index in [1.54, 1.807) is 6.92 Å². The summed E-state index contributed by atoms with van der Waals surface area (Å²) < 4.78 is 26.6. The predicted octanol–water partition coefficient (Wildman–Crippen LogP) is 1.48. The number of aromatic amines is 1. The fourth-order valence-corrected chi connectivity index (χ4v) is 3.41. The van der Waals surface area contributed by atoms with Gasteiger partial charge in [0, 0.05) is 18.3 Å². The van der Waals surface area contributed by atoms with Crippen LogP contribution in [0, 0.1) is 0 Å². The quantitative estimate of drug-likeness (QED) is 0.892. The first-order chi connectivity index (χ1) is 8.49. The Bertz CT molecular complexity index is 654. The summed E-state index contributed by atoms with van der Waals surface area (Å²) >= 11 is 1.51. The lowest BCUT2D eigenvalue weighted by Gasteiger charge is -2.12. The summed E-state index contributed by atoms with van der Waals surface area (Å²) in [6.07, 6.45) is 1.19. The predicted molar refractivity (Wildman–Crippen MR) is 70.1 cm³/mol. The van der Waals surface area contributed by atoms with Gasteiger partial charge in [-0.05, 0) is 35.4 Å². The third-order valence-corrected chi connectivity index (χ3v) is 4.68. The minimum atomic E-state index is -3.62. The highest BCUT2D eigenvalue weighted by Gasteiger charge is 2.18. The van der Waals surface area contributed by atoms with E-state index >= 15 is 0 Å². The Morgan fingerprint density at radius 1 is 1.33 bits per heavy atom. The van der Waals surface area contributed by atoms with Crippen LogP contribution >= 0.6 is 11.3 Å². The van der Waals surface area contributed by atoms with Gasteiger partial charge in [-0.3, -0.25) is 4.79 Å². The number of thiophene rings is 1. The van der Waals surface area contributed by atoms with Gasteiger partial charge in [-0.2, -0.15) is 11.3 Å². The van der Waals surface area contributed by atoms with E-state index in [0.717, 1.165) is 5.56 Å². The van der Waals surface area contributed by atoms with Gasteiger partial charge >= 0.3 is 0 Å². The van der Waals surface area contributed by atoms with E-state index in [0.29, 0.717) is 0 Å². The molecule has 2 aromatic rings. The molecule has 0 fully saturated rings. The Kier molecular flexibility index (Phi) is 3.65. The minimum Gasteiger partial charge on any atom is -0.328 e. The molecule has 0 bridgehead atoms. The van der Waals surface area contributed by atoms with Crippen molar-refractivity contribution in [1.82, 2.24) is 9.71 Å². The lowest BCUT2D eigenvalue weighted by molar-refractivity contribution is 0.566. The normalized spacial score (nSPS) is 13.4. The SMILES string of the molecule is CC(NS(=O)(=O)c1ccc(=O)[nH]c1)c1ccsc1. The van der Waals surface area contributed by atoms with Crippen LogP contribution in [0.25, 0.3) is 0 Å². The Morgan fingerprint density at radius 2 is 2.11 bits per heavy atom. The first kappa shape index (κ1) is 13.0. The molecule has 0 saturated heterocycles. The van der Waals surface area contributed by atoms with E-state index in [4.69, 9.17) is 0 Å². The fourth-order valence-electron chi connectivity index (χ4n) is 1.45. The molecule has 0 aliphatic rings. The third kappa shape index (κ3) is 2.87. The molecule has 2 N–H and O–H groups in total. The Hall–Kier alpha value is -1.44. The molecule has 5 nitrogen and oxygen atoms in total. The molecule has 1 unspecified atom stereocenters. The largest absolute Gasteiger partial charge is 0.328 e. The number of H-pyrrole nitrogens is 1. The lowest BCUT2D eigenvalue weighted by Crippen LogP contribution is -2.27. The van der Waals surface area contributed by atoms with Crippen LogP contribution < -0.4 is 10.3 Å². The van der Waals surface area contributed by atoms with Gasteiger partial charge in [-0.15, -0.1) is 0 Å². The van der Waals surface area contributed by atoms with Crippen LogP contribution in [0.3, 0.4) is 0 Å². The van der Waals surface area contributed by atoms with Crippen LogP contribution in [0.5, 0.6) is 0 Å². The molecule has 0 amide bonds. The second kappa shape index (κ2) is 5.05. The first-order valence-electron chi connectivity index (χ1n) is 5.22. The van der Waals surface area contributed by atoms with Crippen molar-refractivity contribution in [3.8, 4) is 0 Å². The Labute approximate surface area is 109 Å². The zero-order valence-corrected chi connectivity index (χ0v) is 11.2. The lowest BCUT2D eigenvalue weighted by atomic mass is 10.2. The van der Waals surface area contributed by atoms with E-state index in [2.05, 4.69) is 9.71 Å². The number of pyridine rings is 1. The number of hydrogen-bond donors (Lipinski definition) is 2. The summed E-state index contributed by atoms with van der Waals surface area (Å²) in [7, 11) is -3.62. The fraction of sp³-hybridized carbons (Fsp3) is 0.182. The molecule has 96 valence electrons. The molecule has 1 atom stereocenters. The van der Waals surface area contributed by atoms with Crippen molar-refractivity contribution in [2.45, 2.75) is 17.9 Å². The van der Waals surface area contributed by atoms with Gasteiger partial charge in [0.15, 0.2) is 0 Å². The van der Waals surface area contributed by atoms with Gasteiger partial charge < -0.3 is 4.98 Å². The zero-order valence-electron chi connectivity index (χ0n) is 9.58. The van der Waals surface area contributed by atoms with Crippen LogP contribution in [0.4, 0.5) is 0 Å². The number of hydrogen-bond acceptors (Lipinski definition) is 4. The van der Waals surface area contributed by atoms with Crippen LogP contribution in [0.15, 0.2) is 44.8 Å². The molecule has 0 aliphatic heterocycles. The monoisotopic (exact) mass is 284 g/mol. The number of aromatic nitrogens is 1. The summed E-state index contributed by atoms with van der Waals surface area (Å²) in [5.41, 5.74) is 0.577. The van der Waals surface area contributed by atoms with E-state index in [1.165, 1.54) is 29.7 Å². The maximum Gasteiger partial charge on any atom is 0.247 e. The van der Waals surface area contributed by atoms with Crippen molar-refractivity contribution in [1.29, 1.82) is 0 Å². The topological polar surface area (TPSA) is 79.0 Å². The molecule has 7 heteroatoms. The summed E-state index contributed by atoms with van der Waals surface area (Å²) in [5, 5.41) is 3.78. The summed E-state index contributed by atoms with van der Waals surface area (Å²) in [4.78, 5) is 13.3. The van der Waals surface area contributed by atoms with Gasteiger partial charge in [-0.1, -0.05) is 0 Å². The highest BCUT2D eigenvalue weighted by atomic mass is 32.2. The van der Waals surface area contributed by atoms with Crippen molar-refractivity contribution < 1.29 is 8.42 Å². The molecule has 0 spiro atoms. The van der Waals surface area contributed by atoms with Crippen molar-refractivity contribution in [2.75, 3.05) is 0 Å². The third-order valence-electron chi connectivity index (χ3n) is 2.44. The number of nitrogens with one attached hydrogen (secondary N) is 2.